The molecule has 0 amide bonds. The predicted octanol–water partition coefficient (Wildman–Crippen LogP) is 4.76. The number of esters is 1. The lowest BCUT2D eigenvalue weighted by atomic mass is 9.75. The number of Topliss-reactive ketones (excluding diaryl/α,β-unsaturated/α-hetero) is 1. The number of benzene rings is 1. The second-order valence-corrected chi connectivity index (χ2v) is 8.29. The quantitative estimate of drug-likeness (QED) is 0.499. The van der Waals surface area contributed by atoms with E-state index in [4.69, 9.17) is 9.47 Å². The molecule has 1 saturated heterocycles. The Morgan fingerprint density at radius 1 is 1.10 bits per heavy atom. The van der Waals surface area contributed by atoms with E-state index in [1.165, 1.54) is 12.7 Å². The van der Waals surface area contributed by atoms with Crippen LogP contribution in [0.25, 0.3) is 0 Å². The Kier molecular flexibility index (Phi) is 6.58. The second-order valence-electron chi connectivity index (χ2n) is 8.29. The summed E-state index contributed by atoms with van der Waals surface area (Å²) < 4.78 is 12.5. The highest BCUT2D eigenvalue weighted by atomic mass is 16.5. The molecule has 1 aromatic carbocycles. The Morgan fingerprint density at radius 2 is 1.79 bits per heavy atom. The van der Waals surface area contributed by atoms with Gasteiger partial charge in [0, 0.05) is 25.8 Å². The van der Waals surface area contributed by atoms with Gasteiger partial charge in [-0.05, 0) is 48.9 Å². The second kappa shape index (κ2) is 8.95. The fraction of sp³-hybridized carbons (Fsp3) is 0.500. The third kappa shape index (κ3) is 4.45. The number of ketones is 1. The Morgan fingerprint density at radius 3 is 2.45 bits per heavy atom. The summed E-state index contributed by atoms with van der Waals surface area (Å²) in [5, 5.41) is 0. The number of carbonyl (C=O) groups excluding carboxylic acids is 2. The summed E-state index contributed by atoms with van der Waals surface area (Å²) in [5.41, 5.74) is 2.28. The van der Waals surface area contributed by atoms with E-state index in [0.717, 1.165) is 5.56 Å². The van der Waals surface area contributed by atoms with Gasteiger partial charge >= 0.3 is 5.97 Å². The summed E-state index contributed by atoms with van der Waals surface area (Å²) in [4.78, 5) is 25.8. The van der Waals surface area contributed by atoms with E-state index in [9.17, 15) is 9.59 Å². The van der Waals surface area contributed by atoms with Crippen molar-refractivity contribution in [3.05, 3.63) is 59.4 Å². The molecular weight excluding hydrogens is 366 g/mol. The molecule has 5 nitrogen and oxygen atoms in total. The summed E-state index contributed by atoms with van der Waals surface area (Å²) in [6, 6.07) is 12.3. The summed E-state index contributed by atoms with van der Waals surface area (Å²) in [6.07, 6.45) is 3.11. The largest absolute Gasteiger partial charge is 0.469 e. The highest BCUT2D eigenvalue weighted by Crippen LogP contribution is 2.37. The van der Waals surface area contributed by atoms with Gasteiger partial charge in [0.15, 0.2) is 5.78 Å². The van der Waals surface area contributed by atoms with E-state index in [0.29, 0.717) is 37.7 Å². The fourth-order valence-electron chi connectivity index (χ4n) is 4.14. The van der Waals surface area contributed by atoms with Crippen LogP contribution < -0.4 is 0 Å². The van der Waals surface area contributed by atoms with Crippen molar-refractivity contribution in [1.82, 2.24) is 4.57 Å². The molecule has 0 N–H and O–H groups in total. The van der Waals surface area contributed by atoms with Crippen molar-refractivity contribution in [3.63, 3.8) is 0 Å². The molecule has 1 fully saturated rings. The van der Waals surface area contributed by atoms with Gasteiger partial charge in [-0.15, -0.1) is 0 Å². The van der Waals surface area contributed by atoms with Crippen LogP contribution in [0.3, 0.4) is 0 Å². The molecule has 1 aliphatic heterocycles. The van der Waals surface area contributed by atoms with E-state index in [2.05, 4.69) is 45.0 Å². The maximum Gasteiger partial charge on any atom is 0.312 e. The van der Waals surface area contributed by atoms with Crippen molar-refractivity contribution in [2.45, 2.75) is 52.0 Å². The van der Waals surface area contributed by atoms with Crippen LogP contribution in [0.2, 0.25) is 0 Å². The zero-order valence-corrected chi connectivity index (χ0v) is 17.8. The summed E-state index contributed by atoms with van der Waals surface area (Å²) >= 11 is 0. The first-order valence-electron chi connectivity index (χ1n) is 10.3. The molecule has 2 heterocycles. The lowest BCUT2D eigenvalue weighted by Crippen LogP contribution is -2.40. The van der Waals surface area contributed by atoms with Crippen LogP contribution in [-0.2, 0) is 14.3 Å². The minimum absolute atomic E-state index is 0.0198. The fourth-order valence-corrected chi connectivity index (χ4v) is 4.14. The van der Waals surface area contributed by atoms with Crippen LogP contribution in [0.1, 0.15) is 73.6 Å². The molecule has 1 atom stereocenters. The predicted molar refractivity (Wildman–Crippen MR) is 112 cm³/mol. The summed E-state index contributed by atoms with van der Waals surface area (Å²) in [5.74, 6) is 0.0976. The number of nitrogens with zero attached hydrogens (tertiary/aromatic N) is 1. The normalized spacial score (nSPS) is 17.1. The Bertz CT molecular complexity index is 861. The molecule has 3 rings (SSSR count). The lowest BCUT2D eigenvalue weighted by Gasteiger charge is -2.34. The van der Waals surface area contributed by atoms with Crippen LogP contribution in [0.4, 0.5) is 0 Å². The first-order valence-corrected chi connectivity index (χ1v) is 10.3. The van der Waals surface area contributed by atoms with E-state index in [1.54, 1.807) is 0 Å². The molecule has 0 radical (unpaired) electrons. The first kappa shape index (κ1) is 21.3. The molecular formula is C24H31NO4. The van der Waals surface area contributed by atoms with Crippen molar-refractivity contribution in [3.8, 4) is 0 Å². The van der Waals surface area contributed by atoms with Gasteiger partial charge in [0.05, 0.1) is 24.3 Å². The number of carbonyl (C=O) groups is 2. The van der Waals surface area contributed by atoms with Gasteiger partial charge in [0.25, 0.3) is 0 Å². The highest BCUT2D eigenvalue weighted by molar-refractivity contribution is 5.98. The van der Waals surface area contributed by atoms with Crippen LogP contribution in [-0.4, -0.2) is 36.6 Å². The Balaban J connectivity index is 1.86. The average molecular weight is 398 g/mol. The number of aromatic nitrogens is 1. The minimum Gasteiger partial charge on any atom is -0.469 e. The number of ether oxygens (including phenoxy) is 2. The lowest BCUT2D eigenvalue weighted by molar-refractivity contribution is -0.158. The molecule has 1 aliphatic rings. The number of methoxy groups -OCH3 is 1. The first-order chi connectivity index (χ1) is 13.9. The standard InChI is InChI=1S/C24H31NO4/c1-17(2)19-7-5-8-20(15-19)18(3)25-12-6-9-21(25)22(26)16-24(23(27)28-4)10-13-29-14-11-24/h5-9,12,15,17-18H,10-11,13-14,16H2,1-4H3. The molecule has 2 aromatic rings. The van der Waals surface area contributed by atoms with Crippen molar-refractivity contribution in [2.75, 3.05) is 20.3 Å². The topological polar surface area (TPSA) is 57.5 Å². The van der Waals surface area contributed by atoms with E-state index >= 15 is 0 Å². The highest BCUT2D eigenvalue weighted by Gasteiger charge is 2.43. The smallest absolute Gasteiger partial charge is 0.312 e. The van der Waals surface area contributed by atoms with Crippen molar-refractivity contribution >= 4 is 11.8 Å². The van der Waals surface area contributed by atoms with Crippen LogP contribution in [0, 0.1) is 5.41 Å². The third-order valence-corrected chi connectivity index (χ3v) is 6.11. The maximum atomic E-state index is 13.3. The SMILES string of the molecule is COC(=O)C1(CC(=O)c2cccn2C(C)c2cccc(C(C)C)c2)CCOCC1. The van der Waals surface area contributed by atoms with E-state index in [-0.39, 0.29) is 24.2 Å². The number of hydrogen-bond acceptors (Lipinski definition) is 4. The Hall–Kier alpha value is -2.40. The third-order valence-electron chi connectivity index (χ3n) is 6.11. The number of rotatable bonds is 7. The molecule has 0 aliphatic carbocycles. The molecule has 5 heteroatoms. The zero-order chi connectivity index (χ0) is 21.0. The van der Waals surface area contributed by atoms with Gasteiger partial charge in [0.1, 0.15) is 0 Å². The van der Waals surface area contributed by atoms with Gasteiger partial charge in [-0.3, -0.25) is 9.59 Å². The van der Waals surface area contributed by atoms with Crippen LogP contribution in [0.15, 0.2) is 42.6 Å². The van der Waals surface area contributed by atoms with Gasteiger partial charge in [-0.2, -0.15) is 0 Å². The summed E-state index contributed by atoms with van der Waals surface area (Å²) in [7, 11) is 1.39. The van der Waals surface area contributed by atoms with Crippen LogP contribution >= 0.6 is 0 Å². The van der Waals surface area contributed by atoms with Crippen LogP contribution in [0.5, 0.6) is 0 Å². The molecule has 29 heavy (non-hydrogen) atoms. The monoisotopic (exact) mass is 397 g/mol. The Labute approximate surface area is 173 Å². The summed E-state index contributed by atoms with van der Waals surface area (Å²) in [6.45, 7) is 7.40. The molecule has 0 spiro atoms. The molecule has 1 aromatic heterocycles. The number of hydrogen-bond donors (Lipinski definition) is 0. The van der Waals surface area contributed by atoms with Gasteiger partial charge in [-0.25, -0.2) is 0 Å². The van der Waals surface area contributed by atoms with Gasteiger partial charge < -0.3 is 14.0 Å². The van der Waals surface area contributed by atoms with Gasteiger partial charge in [0.2, 0.25) is 0 Å². The molecule has 0 bridgehead atoms. The van der Waals surface area contributed by atoms with Gasteiger partial charge in [-0.1, -0.05) is 38.1 Å². The van der Waals surface area contributed by atoms with E-state index < -0.39 is 5.41 Å². The van der Waals surface area contributed by atoms with E-state index in [1.807, 2.05) is 22.9 Å². The molecule has 156 valence electrons. The zero-order valence-electron chi connectivity index (χ0n) is 17.8. The van der Waals surface area contributed by atoms with Crippen molar-refractivity contribution in [2.24, 2.45) is 5.41 Å². The molecule has 1 unspecified atom stereocenters. The molecule has 0 saturated carbocycles. The average Bonchev–Trinajstić information content (AvgIpc) is 3.23. The minimum atomic E-state index is -0.792. The van der Waals surface area contributed by atoms with Crippen molar-refractivity contribution in [1.29, 1.82) is 0 Å². The maximum absolute atomic E-state index is 13.3. The van der Waals surface area contributed by atoms with Crippen molar-refractivity contribution < 1.29 is 19.1 Å².